The van der Waals surface area contributed by atoms with Crippen molar-refractivity contribution >= 4 is 11.9 Å². The highest BCUT2D eigenvalue weighted by atomic mass is 16.5. The molecule has 0 radical (unpaired) electrons. The molecule has 7 heteroatoms. The second kappa shape index (κ2) is 7.73. The summed E-state index contributed by atoms with van der Waals surface area (Å²) in [6.07, 6.45) is 1.05. The van der Waals surface area contributed by atoms with Crippen molar-refractivity contribution in [1.82, 2.24) is 19.9 Å². The molecule has 19 heavy (non-hydrogen) atoms. The molecule has 7 nitrogen and oxygen atoms in total. The Labute approximate surface area is 115 Å². The Balaban J connectivity index is 2.71. The molecule has 0 fully saturated rings. The van der Waals surface area contributed by atoms with Gasteiger partial charge in [0.25, 0.3) is 0 Å². The van der Waals surface area contributed by atoms with Gasteiger partial charge in [-0.05, 0) is 34.0 Å². The number of ether oxygens (including phenoxy) is 1. The molecule has 0 atom stereocenters. The molecule has 0 amide bonds. The molecule has 0 aromatic carbocycles. The summed E-state index contributed by atoms with van der Waals surface area (Å²) in [6.45, 7) is 4.36. The Hall–Kier alpha value is -1.63. The van der Waals surface area contributed by atoms with Crippen LogP contribution in [0.1, 0.15) is 13.3 Å². The van der Waals surface area contributed by atoms with Crippen molar-refractivity contribution in [3.63, 3.8) is 0 Å². The van der Waals surface area contributed by atoms with Crippen molar-refractivity contribution in [3.8, 4) is 6.01 Å². The van der Waals surface area contributed by atoms with Gasteiger partial charge in [-0.1, -0.05) is 0 Å². The van der Waals surface area contributed by atoms with Gasteiger partial charge in [0.1, 0.15) is 0 Å². The molecule has 1 heterocycles. The highest BCUT2D eigenvalue weighted by Crippen LogP contribution is 2.13. The van der Waals surface area contributed by atoms with Crippen molar-refractivity contribution in [2.24, 2.45) is 0 Å². The van der Waals surface area contributed by atoms with Crippen LogP contribution in [-0.4, -0.2) is 67.7 Å². The largest absolute Gasteiger partial charge is 0.464 e. The molecule has 0 aliphatic carbocycles. The maximum atomic E-state index is 5.34. The SMILES string of the molecule is CCOc1nc(NC)nc(N(C)CCCN(C)C)n1. The maximum absolute atomic E-state index is 5.34. The zero-order valence-electron chi connectivity index (χ0n) is 12.5. The van der Waals surface area contributed by atoms with E-state index in [1.165, 1.54) is 0 Å². The summed E-state index contributed by atoms with van der Waals surface area (Å²) in [5.74, 6) is 1.15. The van der Waals surface area contributed by atoms with E-state index in [2.05, 4.69) is 39.3 Å². The molecule has 1 N–H and O–H groups in total. The molecule has 0 aliphatic rings. The molecule has 0 bridgehead atoms. The molecule has 0 saturated carbocycles. The fourth-order valence-corrected chi connectivity index (χ4v) is 1.55. The fraction of sp³-hybridized carbons (Fsp3) is 0.750. The Morgan fingerprint density at radius 3 is 2.42 bits per heavy atom. The minimum absolute atomic E-state index is 0.358. The number of anilines is 2. The highest BCUT2D eigenvalue weighted by Gasteiger charge is 2.10. The third-order valence-electron chi connectivity index (χ3n) is 2.54. The highest BCUT2D eigenvalue weighted by molar-refractivity contribution is 5.37. The molecule has 0 unspecified atom stereocenters. The van der Waals surface area contributed by atoms with E-state index in [0.29, 0.717) is 24.5 Å². The topological polar surface area (TPSA) is 66.4 Å². The first kappa shape index (κ1) is 15.4. The average Bonchev–Trinajstić information content (AvgIpc) is 2.38. The number of hydrogen-bond acceptors (Lipinski definition) is 7. The fourth-order valence-electron chi connectivity index (χ4n) is 1.55. The first-order valence-electron chi connectivity index (χ1n) is 6.49. The number of nitrogens with one attached hydrogen (secondary N) is 1. The van der Waals surface area contributed by atoms with Crippen LogP contribution in [0.2, 0.25) is 0 Å². The molecule has 1 aromatic rings. The molecule has 1 rings (SSSR count). The zero-order chi connectivity index (χ0) is 14.3. The van der Waals surface area contributed by atoms with Gasteiger partial charge in [0.05, 0.1) is 6.61 Å². The van der Waals surface area contributed by atoms with Gasteiger partial charge < -0.3 is 19.9 Å². The van der Waals surface area contributed by atoms with Gasteiger partial charge in [0.15, 0.2) is 0 Å². The van der Waals surface area contributed by atoms with Gasteiger partial charge in [0.2, 0.25) is 11.9 Å². The van der Waals surface area contributed by atoms with Crippen LogP contribution in [0, 0.1) is 0 Å². The molecule has 0 spiro atoms. The summed E-state index contributed by atoms with van der Waals surface area (Å²) in [6, 6.07) is 0.358. The number of rotatable bonds is 8. The normalized spacial score (nSPS) is 10.6. The molecular formula is C12H24N6O. The Bertz CT molecular complexity index is 384. The molecule has 0 saturated heterocycles. The van der Waals surface area contributed by atoms with E-state index >= 15 is 0 Å². The Kier molecular flexibility index (Phi) is 6.27. The molecule has 108 valence electrons. The summed E-state index contributed by atoms with van der Waals surface area (Å²) >= 11 is 0. The first-order chi connectivity index (χ1) is 9.06. The molecule has 1 aromatic heterocycles. The van der Waals surface area contributed by atoms with Crippen LogP contribution in [0.25, 0.3) is 0 Å². The maximum Gasteiger partial charge on any atom is 0.323 e. The predicted molar refractivity (Wildman–Crippen MR) is 77.0 cm³/mol. The van der Waals surface area contributed by atoms with Crippen LogP contribution in [0.3, 0.4) is 0 Å². The van der Waals surface area contributed by atoms with E-state index in [9.17, 15) is 0 Å². The van der Waals surface area contributed by atoms with Crippen LogP contribution in [0.4, 0.5) is 11.9 Å². The quantitative estimate of drug-likeness (QED) is 0.744. The predicted octanol–water partition coefficient (Wildman–Crippen LogP) is 0.700. The third-order valence-corrected chi connectivity index (χ3v) is 2.54. The average molecular weight is 268 g/mol. The lowest BCUT2D eigenvalue weighted by molar-refractivity contribution is 0.312. The molecular weight excluding hydrogens is 244 g/mol. The number of hydrogen-bond donors (Lipinski definition) is 1. The van der Waals surface area contributed by atoms with Gasteiger partial charge >= 0.3 is 6.01 Å². The van der Waals surface area contributed by atoms with Crippen molar-refractivity contribution in [1.29, 1.82) is 0 Å². The van der Waals surface area contributed by atoms with Gasteiger partial charge in [-0.2, -0.15) is 15.0 Å². The van der Waals surface area contributed by atoms with E-state index in [1.807, 2.05) is 18.9 Å². The minimum atomic E-state index is 0.358. The zero-order valence-corrected chi connectivity index (χ0v) is 12.5. The standard InChI is InChI=1S/C12H24N6O/c1-6-19-12-15-10(13-2)14-11(16-12)18(5)9-7-8-17(3)4/h6-9H2,1-5H3,(H,13,14,15,16). The van der Waals surface area contributed by atoms with Crippen LogP contribution < -0.4 is 15.0 Å². The Morgan fingerprint density at radius 2 is 1.84 bits per heavy atom. The monoisotopic (exact) mass is 268 g/mol. The summed E-state index contributed by atoms with van der Waals surface area (Å²) in [5, 5.41) is 2.92. The summed E-state index contributed by atoms with van der Waals surface area (Å²) in [5.41, 5.74) is 0. The third kappa shape index (κ3) is 5.25. The van der Waals surface area contributed by atoms with Crippen molar-refractivity contribution in [3.05, 3.63) is 0 Å². The number of nitrogens with zero attached hydrogens (tertiary/aromatic N) is 5. The minimum Gasteiger partial charge on any atom is -0.464 e. The summed E-state index contributed by atoms with van der Waals surface area (Å²) < 4.78 is 5.34. The lowest BCUT2D eigenvalue weighted by Gasteiger charge is -2.19. The van der Waals surface area contributed by atoms with Crippen molar-refractivity contribution in [2.75, 3.05) is 58.1 Å². The van der Waals surface area contributed by atoms with Crippen molar-refractivity contribution < 1.29 is 4.74 Å². The van der Waals surface area contributed by atoms with Crippen LogP contribution in [-0.2, 0) is 0 Å². The molecule has 0 aliphatic heterocycles. The summed E-state index contributed by atoms with van der Waals surface area (Å²) in [7, 11) is 7.88. The summed E-state index contributed by atoms with van der Waals surface area (Å²) in [4.78, 5) is 16.9. The number of aromatic nitrogens is 3. The van der Waals surface area contributed by atoms with Crippen LogP contribution >= 0.6 is 0 Å². The van der Waals surface area contributed by atoms with Gasteiger partial charge in [-0.25, -0.2) is 0 Å². The van der Waals surface area contributed by atoms with Crippen LogP contribution in [0.5, 0.6) is 6.01 Å². The van der Waals surface area contributed by atoms with Crippen LogP contribution in [0.15, 0.2) is 0 Å². The van der Waals surface area contributed by atoms with E-state index in [1.54, 1.807) is 7.05 Å². The lowest BCUT2D eigenvalue weighted by atomic mass is 10.4. The van der Waals surface area contributed by atoms with Gasteiger partial charge in [-0.15, -0.1) is 0 Å². The van der Waals surface area contributed by atoms with E-state index in [-0.39, 0.29) is 0 Å². The second-order valence-corrected chi connectivity index (χ2v) is 4.50. The second-order valence-electron chi connectivity index (χ2n) is 4.50. The van der Waals surface area contributed by atoms with E-state index in [4.69, 9.17) is 4.74 Å². The van der Waals surface area contributed by atoms with Crippen molar-refractivity contribution in [2.45, 2.75) is 13.3 Å². The Morgan fingerprint density at radius 1 is 1.11 bits per heavy atom. The first-order valence-corrected chi connectivity index (χ1v) is 6.49. The van der Waals surface area contributed by atoms with E-state index in [0.717, 1.165) is 19.5 Å². The lowest BCUT2D eigenvalue weighted by Crippen LogP contribution is -2.25. The van der Waals surface area contributed by atoms with Gasteiger partial charge in [-0.3, -0.25) is 0 Å². The van der Waals surface area contributed by atoms with Gasteiger partial charge in [0, 0.05) is 20.6 Å². The smallest absolute Gasteiger partial charge is 0.323 e. The van der Waals surface area contributed by atoms with E-state index < -0.39 is 0 Å².